The number of ether oxygens (including phenoxy) is 2. The van der Waals surface area contributed by atoms with Crippen LogP contribution in [-0.2, 0) is 30.8 Å². The van der Waals surface area contributed by atoms with Gasteiger partial charge in [0.05, 0.1) is 5.69 Å². The van der Waals surface area contributed by atoms with Gasteiger partial charge in [0.1, 0.15) is 9.96 Å². The van der Waals surface area contributed by atoms with Gasteiger partial charge in [-0.3, -0.25) is 9.10 Å². The number of amides is 1. The molecule has 1 aromatic heterocycles. The molecule has 0 unspecified atom stereocenters. The van der Waals surface area contributed by atoms with Crippen LogP contribution in [0.15, 0.2) is 76.3 Å². The lowest BCUT2D eigenvalue weighted by Gasteiger charge is -2.18. The number of hydrogen-bond donors (Lipinski definition) is 1. The first-order valence-corrected chi connectivity index (χ1v) is 12.4. The van der Waals surface area contributed by atoms with Crippen LogP contribution in [0, 0.1) is 0 Å². The summed E-state index contributed by atoms with van der Waals surface area (Å²) in [5.74, 6) is -0.710. The van der Waals surface area contributed by atoms with Crippen molar-refractivity contribution in [1.29, 1.82) is 0 Å². The lowest BCUT2D eigenvalue weighted by Crippen LogP contribution is -2.31. The van der Waals surface area contributed by atoms with Crippen molar-refractivity contribution in [3.8, 4) is 5.75 Å². The molecule has 1 N–H and O–H groups in total. The molecule has 10 heteroatoms. The molecule has 174 valence electrons. The predicted molar refractivity (Wildman–Crippen MR) is 126 cm³/mol. The minimum atomic E-state index is -3.63. The maximum atomic E-state index is 12.6. The SMILES string of the molecule is CN(c1ccc(OCC(=O)OCC(=O)NCCc2ccccc2)cc1)S(=O)(=O)c1cccs1. The molecule has 8 nitrogen and oxygen atoms in total. The quantitative estimate of drug-likeness (QED) is 0.417. The fraction of sp³-hybridized carbons (Fsp3) is 0.217. The van der Waals surface area contributed by atoms with E-state index in [-0.39, 0.29) is 17.4 Å². The van der Waals surface area contributed by atoms with Gasteiger partial charge in [-0.05, 0) is 47.7 Å². The van der Waals surface area contributed by atoms with Crippen LogP contribution < -0.4 is 14.4 Å². The second kappa shape index (κ2) is 11.5. The number of esters is 1. The van der Waals surface area contributed by atoms with E-state index in [1.54, 1.807) is 41.8 Å². The monoisotopic (exact) mass is 488 g/mol. The smallest absolute Gasteiger partial charge is 0.344 e. The average molecular weight is 489 g/mol. The van der Waals surface area contributed by atoms with Gasteiger partial charge in [-0.2, -0.15) is 0 Å². The van der Waals surface area contributed by atoms with E-state index in [0.717, 1.165) is 16.9 Å². The van der Waals surface area contributed by atoms with E-state index in [2.05, 4.69) is 5.32 Å². The summed E-state index contributed by atoms with van der Waals surface area (Å²) in [7, 11) is -2.16. The summed E-state index contributed by atoms with van der Waals surface area (Å²) in [4.78, 5) is 23.6. The first-order chi connectivity index (χ1) is 15.9. The van der Waals surface area contributed by atoms with E-state index >= 15 is 0 Å². The number of hydrogen-bond acceptors (Lipinski definition) is 7. The highest BCUT2D eigenvalue weighted by molar-refractivity contribution is 7.94. The summed E-state index contributed by atoms with van der Waals surface area (Å²) in [6.45, 7) is -0.318. The lowest BCUT2D eigenvalue weighted by atomic mass is 10.1. The van der Waals surface area contributed by atoms with Gasteiger partial charge < -0.3 is 14.8 Å². The van der Waals surface area contributed by atoms with Crippen molar-refractivity contribution in [2.45, 2.75) is 10.6 Å². The third-order valence-corrected chi connectivity index (χ3v) is 7.77. The number of carbonyl (C=O) groups is 2. The number of nitrogens with one attached hydrogen (secondary N) is 1. The van der Waals surface area contributed by atoms with Gasteiger partial charge in [-0.1, -0.05) is 36.4 Å². The van der Waals surface area contributed by atoms with Crippen LogP contribution in [0.25, 0.3) is 0 Å². The van der Waals surface area contributed by atoms with E-state index in [4.69, 9.17) is 9.47 Å². The zero-order valence-corrected chi connectivity index (χ0v) is 19.6. The third-order valence-electron chi connectivity index (χ3n) is 4.61. The van der Waals surface area contributed by atoms with Gasteiger partial charge in [0.2, 0.25) is 0 Å². The molecule has 2 aromatic carbocycles. The Morgan fingerprint density at radius 3 is 2.36 bits per heavy atom. The molecule has 0 saturated carbocycles. The Morgan fingerprint density at radius 2 is 1.70 bits per heavy atom. The molecule has 3 rings (SSSR count). The van der Waals surface area contributed by atoms with Crippen LogP contribution in [0.1, 0.15) is 5.56 Å². The summed E-state index contributed by atoms with van der Waals surface area (Å²) in [6, 6.07) is 19.2. The van der Waals surface area contributed by atoms with Crippen LogP contribution in [0.5, 0.6) is 5.75 Å². The zero-order chi connectivity index (χ0) is 23.7. The number of anilines is 1. The van der Waals surface area contributed by atoms with E-state index in [0.29, 0.717) is 24.4 Å². The molecular weight excluding hydrogens is 464 g/mol. The maximum Gasteiger partial charge on any atom is 0.344 e. The summed E-state index contributed by atoms with van der Waals surface area (Å²) in [5, 5.41) is 4.39. The second-order valence-corrected chi connectivity index (χ2v) is 10.1. The fourth-order valence-corrected chi connectivity index (χ4v) is 5.16. The van der Waals surface area contributed by atoms with Gasteiger partial charge in [-0.25, -0.2) is 13.2 Å². The van der Waals surface area contributed by atoms with E-state index in [9.17, 15) is 18.0 Å². The summed E-state index contributed by atoms with van der Waals surface area (Å²) < 4.78 is 36.8. The van der Waals surface area contributed by atoms with Crippen LogP contribution in [0.2, 0.25) is 0 Å². The molecular formula is C23H24N2O6S2. The highest BCUT2D eigenvalue weighted by Crippen LogP contribution is 2.26. The molecule has 0 spiro atoms. The van der Waals surface area contributed by atoms with Gasteiger partial charge >= 0.3 is 5.97 Å². The second-order valence-electron chi connectivity index (χ2n) is 6.93. The van der Waals surface area contributed by atoms with Gasteiger partial charge in [0.25, 0.3) is 15.9 Å². The largest absolute Gasteiger partial charge is 0.482 e. The van der Waals surface area contributed by atoms with E-state index in [1.807, 2.05) is 30.3 Å². The number of carbonyl (C=O) groups excluding carboxylic acids is 2. The van der Waals surface area contributed by atoms with Crippen molar-refractivity contribution >= 4 is 38.9 Å². The molecule has 1 heterocycles. The van der Waals surface area contributed by atoms with Crippen molar-refractivity contribution in [1.82, 2.24) is 5.32 Å². The Labute approximate surface area is 196 Å². The molecule has 0 saturated heterocycles. The standard InChI is InChI=1S/C23H24N2O6S2/c1-25(33(28,29)23-8-5-15-32-23)19-9-11-20(12-10-19)30-17-22(27)31-16-21(26)24-14-13-18-6-3-2-4-7-18/h2-12,15H,13-14,16-17H2,1H3,(H,24,26). The highest BCUT2D eigenvalue weighted by atomic mass is 32.2. The number of rotatable bonds is 11. The van der Waals surface area contributed by atoms with Gasteiger partial charge in [0, 0.05) is 13.6 Å². The first-order valence-electron chi connectivity index (χ1n) is 10.1. The van der Waals surface area contributed by atoms with Crippen molar-refractivity contribution in [2.75, 3.05) is 31.1 Å². The molecule has 0 aliphatic heterocycles. The topological polar surface area (TPSA) is 102 Å². The van der Waals surface area contributed by atoms with Crippen LogP contribution >= 0.6 is 11.3 Å². The Balaban J connectivity index is 1.39. The van der Waals surface area contributed by atoms with Crippen molar-refractivity contribution < 1.29 is 27.5 Å². The van der Waals surface area contributed by atoms with Crippen LogP contribution in [0.4, 0.5) is 5.69 Å². The number of sulfonamides is 1. The molecule has 0 aliphatic rings. The van der Waals surface area contributed by atoms with Gasteiger partial charge in [0.15, 0.2) is 13.2 Å². The molecule has 0 atom stereocenters. The summed E-state index contributed by atoms with van der Waals surface area (Å²) >= 11 is 1.14. The van der Waals surface area contributed by atoms with Crippen molar-refractivity contribution in [3.05, 3.63) is 77.7 Å². The Kier molecular flexibility index (Phi) is 8.45. The maximum absolute atomic E-state index is 12.6. The number of thiophene rings is 1. The molecule has 0 bridgehead atoms. The minimum Gasteiger partial charge on any atom is -0.482 e. The third kappa shape index (κ3) is 7.06. The number of nitrogens with zero attached hydrogens (tertiary/aromatic N) is 1. The lowest BCUT2D eigenvalue weighted by molar-refractivity contribution is -0.150. The zero-order valence-electron chi connectivity index (χ0n) is 18.0. The molecule has 1 amide bonds. The van der Waals surface area contributed by atoms with E-state index < -0.39 is 21.9 Å². The molecule has 0 fully saturated rings. The molecule has 33 heavy (non-hydrogen) atoms. The van der Waals surface area contributed by atoms with Gasteiger partial charge in [-0.15, -0.1) is 11.3 Å². The molecule has 3 aromatic rings. The highest BCUT2D eigenvalue weighted by Gasteiger charge is 2.22. The Hall–Kier alpha value is -3.37. The van der Waals surface area contributed by atoms with Crippen molar-refractivity contribution in [2.24, 2.45) is 0 Å². The first kappa shape index (κ1) is 24.3. The predicted octanol–water partition coefficient (Wildman–Crippen LogP) is 2.85. The van der Waals surface area contributed by atoms with Crippen LogP contribution in [0.3, 0.4) is 0 Å². The molecule has 0 aliphatic carbocycles. The summed E-state index contributed by atoms with van der Waals surface area (Å²) in [5.41, 5.74) is 1.55. The Bertz CT molecular complexity index is 1150. The average Bonchev–Trinajstić information content (AvgIpc) is 3.38. The fourth-order valence-electron chi connectivity index (χ4n) is 2.81. The minimum absolute atomic E-state index is 0.247. The summed E-state index contributed by atoms with van der Waals surface area (Å²) in [6.07, 6.45) is 0.684. The Morgan fingerprint density at radius 1 is 0.970 bits per heavy atom. The normalized spacial score (nSPS) is 10.9. The van der Waals surface area contributed by atoms with Crippen molar-refractivity contribution in [3.63, 3.8) is 0 Å². The number of benzene rings is 2. The van der Waals surface area contributed by atoms with E-state index in [1.165, 1.54) is 11.4 Å². The molecule has 0 radical (unpaired) electrons. The van der Waals surface area contributed by atoms with Crippen LogP contribution in [-0.4, -0.2) is 47.1 Å².